The predicted octanol–water partition coefficient (Wildman–Crippen LogP) is 5.94. The molecule has 1 aliphatic heterocycles. The van der Waals surface area contributed by atoms with Gasteiger partial charge in [0.25, 0.3) is 0 Å². The minimum absolute atomic E-state index is 0.310. The number of rotatable bonds is 6. The van der Waals surface area contributed by atoms with E-state index in [-0.39, 0.29) is 6.03 Å². The van der Waals surface area contributed by atoms with Crippen LogP contribution in [0.3, 0.4) is 0 Å². The summed E-state index contributed by atoms with van der Waals surface area (Å²) < 4.78 is 0. The SMILES string of the molecule is CC1(c2ccc(N)cc2)NC(=O)N(c2ccccc2-c2ccccc2NC(=O)Nc2ccc(-c3ccccc3)nn2)N1. The second-order valence-corrected chi connectivity index (χ2v) is 9.94. The summed E-state index contributed by atoms with van der Waals surface area (Å²) in [6.45, 7) is 1.88. The van der Waals surface area contributed by atoms with E-state index in [0.29, 0.717) is 28.6 Å². The molecule has 42 heavy (non-hydrogen) atoms. The number of nitrogens with zero attached hydrogens (tertiary/aromatic N) is 3. The van der Waals surface area contributed by atoms with Crippen molar-refractivity contribution in [3.05, 3.63) is 121 Å². The molecule has 0 bridgehead atoms. The maximum atomic E-state index is 13.2. The van der Waals surface area contributed by atoms with Crippen molar-refractivity contribution in [1.29, 1.82) is 0 Å². The standard InChI is InChI=1S/C32H28N8O2/c1-32(22-15-17-23(33)18-16-22)36-31(42)40(39-32)28-14-8-6-12-25(28)24-11-5-7-13-27(24)34-30(41)35-29-20-19-26(37-38-29)21-9-3-2-4-10-21/h2-20,39H,33H2,1H3,(H,36,42)(H2,34,35,38,41). The van der Waals surface area contributed by atoms with Crippen LogP contribution in [0.1, 0.15) is 12.5 Å². The van der Waals surface area contributed by atoms with E-state index in [1.807, 2.05) is 91.9 Å². The maximum Gasteiger partial charge on any atom is 0.338 e. The second kappa shape index (κ2) is 11.0. The van der Waals surface area contributed by atoms with Gasteiger partial charge in [-0.05, 0) is 48.9 Å². The van der Waals surface area contributed by atoms with Gasteiger partial charge in [-0.15, -0.1) is 10.2 Å². The average molecular weight is 557 g/mol. The highest BCUT2D eigenvalue weighted by molar-refractivity contribution is 6.04. The number of para-hydroxylation sites is 2. The predicted molar refractivity (Wildman–Crippen MR) is 164 cm³/mol. The van der Waals surface area contributed by atoms with E-state index in [9.17, 15) is 9.59 Å². The summed E-state index contributed by atoms with van der Waals surface area (Å²) in [5.41, 5.74) is 14.1. The molecule has 1 aromatic heterocycles. The van der Waals surface area contributed by atoms with Crippen LogP contribution in [0.5, 0.6) is 0 Å². The van der Waals surface area contributed by atoms with Crippen LogP contribution in [-0.4, -0.2) is 22.3 Å². The lowest BCUT2D eigenvalue weighted by atomic mass is 10.0. The molecule has 6 rings (SSSR count). The van der Waals surface area contributed by atoms with E-state index in [0.717, 1.165) is 22.3 Å². The van der Waals surface area contributed by atoms with Gasteiger partial charge >= 0.3 is 12.1 Å². The highest BCUT2D eigenvalue weighted by Crippen LogP contribution is 2.37. The zero-order valence-electron chi connectivity index (χ0n) is 22.7. The van der Waals surface area contributed by atoms with Crippen LogP contribution in [0.2, 0.25) is 0 Å². The molecule has 0 aliphatic carbocycles. The van der Waals surface area contributed by atoms with Crippen molar-refractivity contribution in [3.63, 3.8) is 0 Å². The summed E-state index contributed by atoms with van der Waals surface area (Å²) in [6, 6.07) is 34.6. The number of nitrogens with one attached hydrogen (secondary N) is 4. The Bertz CT molecular complexity index is 1740. The Labute approximate surface area is 242 Å². The lowest BCUT2D eigenvalue weighted by Crippen LogP contribution is -2.45. The molecule has 4 amide bonds. The molecule has 0 radical (unpaired) electrons. The van der Waals surface area contributed by atoms with Crippen molar-refractivity contribution in [2.24, 2.45) is 0 Å². The van der Waals surface area contributed by atoms with Crippen molar-refractivity contribution in [2.75, 3.05) is 21.4 Å². The van der Waals surface area contributed by atoms with Gasteiger partial charge in [0.05, 0.1) is 17.1 Å². The zero-order valence-corrected chi connectivity index (χ0v) is 22.7. The molecule has 10 nitrogen and oxygen atoms in total. The number of anilines is 4. The fourth-order valence-corrected chi connectivity index (χ4v) is 4.85. The molecule has 0 spiro atoms. The third-order valence-corrected chi connectivity index (χ3v) is 6.97. The molecule has 1 fully saturated rings. The number of hydrogen-bond donors (Lipinski definition) is 5. The number of carbonyl (C=O) groups excluding carboxylic acids is 2. The number of nitrogen functional groups attached to an aromatic ring is 1. The van der Waals surface area contributed by atoms with Crippen LogP contribution >= 0.6 is 0 Å². The van der Waals surface area contributed by atoms with Crippen LogP contribution < -0.4 is 32.1 Å². The summed E-state index contributed by atoms with van der Waals surface area (Å²) in [5.74, 6) is 0.310. The van der Waals surface area contributed by atoms with E-state index in [2.05, 4.69) is 31.6 Å². The molecule has 208 valence electrons. The van der Waals surface area contributed by atoms with E-state index in [4.69, 9.17) is 5.73 Å². The largest absolute Gasteiger partial charge is 0.399 e. The minimum Gasteiger partial charge on any atom is -0.399 e. The molecule has 1 unspecified atom stereocenters. The highest BCUT2D eigenvalue weighted by atomic mass is 16.2. The second-order valence-electron chi connectivity index (χ2n) is 9.94. The van der Waals surface area contributed by atoms with Gasteiger partial charge in [-0.2, -0.15) is 5.43 Å². The van der Waals surface area contributed by atoms with Crippen molar-refractivity contribution < 1.29 is 9.59 Å². The van der Waals surface area contributed by atoms with E-state index in [1.54, 1.807) is 30.3 Å². The number of aromatic nitrogens is 2. The minimum atomic E-state index is -0.855. The van der Waals surface area contributed by atoms with Gasteiger partial charge in [0.2, 0.25) is 0 Å². The Morgan fingerprint density at radius 1 is 0.786 bits per heavy atom. The molecule has 1 aliphatic rings. The van der Waals surface area contributed by atoms with E-state index >= 15 is 0 Å². The monoisotopic (exact) mass is 556 g/mol. The molecule has 2 heterocycles. The molecule has 5 aromatic rings. The van der Waals surface area contributed by atoms with Crippen LogP contribution in [0.25, 0.3) is 22.4 Å². The third kappa shape index (κ3) is 5.34. The van der Waals surface area contributed by atoms with E-state index < -0.39 is 11.7 Å². The summed E-state index contributed by atoms with van der Waals surface area (Å²) in [7, 11) is 0. The van der Waals surface area contributed by atoms with Gasteiger partial charge < -0.3 is 16.4 Å². The quantitative estimate of drug-likeness (QED) is 0.164. The number of nitrogens with two attached hydrogens (primary N) is 1. The van der Waals surface area contributed by atoms with Gasteiger partial charge in [-0.25, -0.2) is 14.6 Å². The fourth-order valence-electron chi connectivity index (χ4n) is 4.85. The van der Waals surface area contributed by atoms with Crippen LogP contribution in [-0.2, 0) is 5.66 Å². The number of hydrazine groups is 1. The molecule has 1 saturated heterocycles. The lowest BCUT2D eigenvalue weighted by molar-refractivity contribution is 0.247. The third-order valence-electron chi connectivity index (χ3n) is 6.97. The topological polar surface area (TPSA) is 137 Å². The van der Waals surface area contributed by atoms with Crippen LogP contribution in [0.4, 0.5) is 32.5 Å². The first-order chi connectivity index (χ1) is 20.4. The molecule has 0 saturated carbocycles. The number of urea groups is 2. The Hall–Kier alpha value is -5.74. The molecular formula is C32H28N8O2. The first-order valence-electron chi connectivity index (χ1n) is 13.3. The Balaban J connectivity index is 1.23. The Morgan fingerprint density at radius 2 is 1.48 bits per heavy atom. The molecule has 1 atom stereocenters. The smallest absolute Gasteiger partial charge is 0.338 e. The zero-order chi connectivity index (χ0) is 29.1. The molecular weight excluding hydrogens is 528 g/mol. The number of hydrogen-bond acceptors (Lipinski definition) is 6. The summed E-state index contributed by atoms with van der Waals surface area (Å²) in [6.07, 6.45) is 0. The van der Waals surface area contributed by atoms with Crippen molar-refractivity contribution >= 4 is 34.9 Å². The molecule has 4 aromatic carbocycles. The summed E-state index contributed by atoms with van der Waals surface area (Å²) in [4.78, 5) is 26.2. The molecule has 10 heteroatoms. The van der Waals surface area contributed by atoms with Gasteiger partial charge in [-0.3, -0.25) is 5.32 Å². The van der Waals surface area contributed by atoms with Gasteiger partial charge in [0.1, 0.15) is 5.66 Å². The molecule has 6 N–H and O–H groups in total. The normalized spacial score (nSPS) is 16.1. The number of amides is 4. The van der Waals surface area contributed by atoms with Gasteiger partial charge in [0, 0.05) is 22.4 Å². The van der Waals surface area contributed by atoms with Crippen LogP contribution in [0, 0.1) is 0 Å². The highest BCUT2D eigenvalue weighted by Gasteiger charge is 2.41. The summed E-state index contributed by atoms with van der Waals surface area (Å²) in [5, 5.41) is 18.5. The van der Waals surface area contributed by atoms with Crippen molar-refractivity contribution in [1.82, 2.24) is 20.9 Å². The lowest BCUT2D eigenvalue weighted by Gasteiger charge is -2.26. The van der Waals surface area contributed by atoms with Gasteiger partial charge in [-0.1, -0.05) is 78.9 Å². The van der Waals surface area contributed by atoms with Crippen LogP contribution in [0.15, 0.2) is 115 Å². The van der Waals surface area contributed by atoms with Crippen molar-refractivity contribution in [3.8, 4) is 22.4 Å². The number of carbonyl (C=O) groups is 2. The first-order valence-corrected chi connectivity index (χ1v) is 13.3. The van der Waals surface area contributed by atoms with Crippen molar-refractivity contribution in [2.45, 2.75) is 12.6 Å². The Morgan fingerprint density at radius 3 is 2.21 bits per heavy atom. The Kier molecular flexibility index (Phi) is 6.95. The average Bonchev–Trinajstić information content (AvgIpc) is 3.33. The summed E-state index contributed by atoms with van der Waals surface area (Å²) >= 11 is 0. The first kappa shape index (κ1) is 26.5. The maximum absolute atomic E-state index is 13.2. The van der Waals surface area contributed by atoms with E-state index in [1.165, 1.54) is 5.01 Å². The fraction of sp³-hybridized carbons (Fsp3) is 0.0625. The van der Waals surface area contributed by atoms with Gasteiger partial charge in [0.15, 0.2) is 5.82 Å². The number of benzene rings is 4.